The molecule has 0 rings (SSSR count). The summed E-state index contributed by atoms with van der Waals surface area (Å²) in [5, 5.41) is 8.95. The van der Waals surface area contributed by atoms with Gasteiger partial charge in [0.2, 0.25) is 5.91 Å². The number of aliphatic hydroxyl groups is 1. The summed E-state index contributed by atoms with van der Waals surface area (Å²) in [6.07, 6.45) is -0.825. The van der Waals surface area contributed by atoms with Crippen LogP contribution < -0.4 is 5.73 Å². The minimum atomic E-state index is -0.825. The first-order valence-electron chi connectivity index (χ1n) is 2.81. The van der Waals surface area contributed by atoms with E-state index >= 15 is 0 Å². The molecule has 0 heterocycles. The zero-order chi connectivity index (χ0) is 8.31. The number of aliphatic hydroxyl groups excluding tert-OH is 1. The molecule has 0 aliphatic heterocycles. The lowest BCUT2D eigenvalue weighted by atomic mass is 10.2. The molecule has 3 N–H and O–H groups in total. The third-order valence-corrected chi connectivity index (χ3v) is 1.69. The molecule has 10 heavy (non-hydrogen) atoms. The van der Waals surface area contributed by atoms with Gasteiger partial charge in [-0.1, -0.05) is 11.6 Å². The summed E-state index contributed by atoms with van der Waals surface area (Å²) in [5.41, 5.74) is 5.09. The van der Waals surface area contributed by atoms with Gasteiger partial charge in [-0.25, -0.2) is 0 Å². The number of hydrogen-bond donors (Lipinski definition) is 2. The molecule has 0 aromatic rings. The van der Waals surface area contributed by atoms with Gasteiger partial charge in [-0.3, -0.25) is 4.79 Å². The van der Waals surface area contributed by atoms with Gasteiger partial charge >= 0.3 is 0 Å². The van der Waals surface area contributed by atoms with Crippen molar-refractivity contribution >= 4 is 17.5 Å². The van der Waals surface area contributed by atoms with E-state index in [9.17, 15) is 4.79 Å². The Morgan fingerprint density at radius 1 is 1.70 bits per heavy atom. The highest BCUT2D eigenvalue weighted by molar-refractivity contribution is 6.32. The van der Waals surface area contributed by atoms with Crippen molar-refractivity contribution in [2.75, 3.05) is 0 Å². The Balaban J connectivity index is 4.50. The van der Waals surface area contributed by atoms with Crippen molar-refractivity contribution in [1.29, 1.82) is 0 Å². The third kappa shape index (κ3) is 2.37. The number of carbonyl (C=O) groups excluding carboxylic acids is 1. The fourth-order valence-electron chi connectivity index (χ4n) is 0.431. The lowest BCUT2D eigenvalue weighted by Gasteiger charge is -2.03. The number of carbonyl (C=O) groups is 1. The summed E-state index contributed by atoms with van der Waals surface area (Å²) in [5.74, 6) is -0.606. The van der Waals surface area contributed by atoms with E-state index in [1.54, 1.807) is 0 Å². The van der Waals surface area contributed by atoms with Crippen molar-refractivity contribution in [3.63, 3.8) is 0 Å². The Bertz CT molecular complexity index is 175. The Morgan fingerprint density at radius 2 is 2.10 bits per heavy atom. The highest BCUT2D eigenvalue weighted by Gasteiger charge is 2.08. The van der Waals surface area contributed by atoms with Gasteiger partial charge in [0.05, 0.1) is 11.1 Å². The molecule has 0 bridgehead atoms. The van der Waals surface area contributed by atoms with Crippen molar-refractivity contribution in [3.05, 3.63) is 10.6 Å². The van der Waals surface area contributed by atoms with Crippen molar-refractivity contribution in [1.82, 2.24) is 0 Å². The SMILES string of the molecule is CC(C(N)=O)=C(Cl)C(C)O. The number of amides is 1. The number of hydrogen-bond acceptors (Lipinski definition) is 2. The largest absolute Gasteiger partial charge is 0.388 e. The molecule has 0 saturated heterocycles. The fourth-order valence-corrected chi connectivity index (χ4v) is 0.524. The summed E-state index contributed by atoms with van der Waals surface area (Å²) in [4.78, 5) is 10.4. The molecule has 0 saturated carbocycles. The molecule has 1 unspecified atom stereocenters. The highest BCUT2D eigenvalue weighted by atomic mass is 35.5. The smallest absolute Gasteiger partial charge is 0.245 e. The molecule has 0 fully saturated rings. The molecule has 0 aromatic heterocycles. The second kappa shape index (κ2) is 3.58. The van der Waals surface area contributed by atoms with E-state index in [0.29, 0.717) is 0 Å². The summed E-state index contributed by atoms with van der Waals surface area (Å²) in [7, 11) is 0. The molecule has 0 radical (unpaired) electrons. The van der Waals surface area contributed by atoms with Crippen LogP contribution in [0.25, 0.3) is 0 Å². The lowest BCUT2D eigenvalue weighted by molar-refractivity contribution is -0.114. The van der Waals surface area contributed by atoms with Gasteiger partial charge in [-0.05, 0) is 13.8 Å². The normalized spacial score (nSPS) is 16.0. The second-order valence-corrected chi connectivity index (χ2v) is 2.42. The zero-order valence-corrected chi connectivity index (χ0v) is 6.64. The Labute approximate surface area is 64.5 Å². The quantitative estimate of drug-likeness (QED) is 0.578. The van der Waals surface area contributed by atoms with E-state index in [1.807, 2.05) is 0 Å². The van der Waals surface area contributed by atoms with E-state index in [-0.39, 0.29) is 10.6 Å². The molecule has 0 aliphatic rings. The number of nitrogens with two attached hydrogens (primary N) is 1. The van der Waals surface area contributed by atoms with Gasteiger partial charge in [-0.2, -0.15) is 0 Å². The Kier molecular flexibility index (Phi) is 3.39. The standard InChI is InChI=1S/C6H10ClNO2/c1-3(6(8)10)5(7)4(2)9/h4,9H,1-2H3,(H2,8,10). The van der Waals surface area contributed by atoms with E-state index in [1.165, 1.54) is 13.8 Å². The van der Waals surface area contributed by atoms with Crippen molar-refractivity contribution in [2.24, 2.45) is 5.73 Å². The van der Waals surface area contributed by atoms with Gasteiger partial charge in [0.15, 0.2) is 0 Å². The summed E-state index contributed by atoms with van der Waals surface area (Å²) < 4.78 is 0. The van der Waals surface area contributed by atoms with Crippen LogP contribution in [0.1, 0.15) is 13.8 Å². The van der Waals surface area contributed by atoms with E-state index < -0.39 is 12.0 Å². The highest BCUT2D eigenvalue weighted by Crippen LogP contribution is 2.12. The average molecular weight is 164 g/mol. The van der Waals surface area contributed by atoms with Crippen LogP contribution in [0.5, 0.6) is 0 Å². The van der Waals surface area contributed by atoms with Crippen LogP contribution in [-0.2, 0) is 4.79 Å². The minimum Gasteiger partial charge on any atom is -0.388 e. The fraction of sp³-hybridized carbons (Fsp3) is 0.500. The van der Waals surface area contributed by atoms with Gasteiger partial charge < -0.3 is 10.8 Å². The predicted octanol–water partition coefficient (Wildman–Crippen LogP) is 0.365. The molecule has 58 valence electrons. The summed E-state index contributed by atoms with van der Waals surface area (Å²) in [6.45, 7) is 2.94. The Morgan fingerprint density at radius 3 is 2.20 bits per heavy atom. The van der Waals surface area contributed by atoms with Gasteiger partial charge in [0.1, 0.15) is 0 Å². The monoisotopic (exact) mass is 163 g/mol. The maximum Gasteiger partial charge on any atom is 0.245 e. The van der Waals surface area contributed by atoms with Crippen LogP contribution in [0.4, 0.5) is 0 Å². The Hall–Kier alpha value is -0.540. The average Bonchev–Trinajstić information content (AvgIpc) is 1.84. The van der Waals surface area contributed by atoms with Crippen LogP contribution >= 0.6 is 11.6 Å². The predicted molar refractivity (Wildman–Crippen MR) is 39.4 cm³/mol. The van der Waals surface area contributed by atoms with Gasteiger partial charge in [-0.15, -0.1) is 0 Å². The third-order valence-electron chi connectivity index (χ3n) is 1.09. The molecular formula is C6H10ClNO2. The van der Waals surface area contributed by atoms with Crippen LogP contribution in [0, 0.1) is 0 Å². The molecule has 0 spiro atoms. The summed E-state index contributed by atoms with van der Waals surface area (Å²) >= 11 is 5.49. The van der Waals surface area contributed by atoms with Crippen LogP contribution in [0.2, 0.25) is 0 Å². The number of halogens is 1. The first-order valence-corrected chi connectivity index (χ1v) is 3.18. The van der Waals surface area contributed by atoms with E-state index in [2.05, 4.69) is 0 Å². The van der Waals surface area contributed by atoms with Gasteiger partial charge in [0.25, 0.3) is 0 Å². The molecule has 0 aromatic carbocycles. The number of rotatable bonds is 2. The van der Waals surface area contributed by atoms with Crippen LogP contribution in [0.3, 0.4) is 0 Å². The lowest BCUT2D eigenvalue weighted by Crippen LogP contribution is -2.15. The van der Waals surface area contributed by atoms with Crippen molar-refractivity contribution in [3.8, 4) is 0 Å². The van der Waals surface area contributed by atoms with Crippen molar-refractivity contribution < 1.29 is 9.90 Å². The first kappa shape index (κ1) is 9.46. The maximum absolute atomic E-state index is 10.4. The van der Waals surface area contributed by atoms with E-state index in [4.69, 9.17) is 22.4 Å². The van der Waals surface area contributed by atoms with Crippen LogP contribution in [0.15, 0.2) is 10.6 Å². The van der Waals surface area contributed by atoms with Crippen LogP contribution in [-0.4, -0.2) is 17.1 Å². The maximum atomic E-state index is 10.4. The minimum absolute atomic E-state index is 0.104. The second-order valence-electron chi connectivity index (χ2n) is 2.01. The molecular weight excluding hydrogens is 154 g/mol. The topological polar surface area (TPSA) is 63.3 Å². The van der Waals surface area contributed by atoms with Crippen molar-refractivity contribution in [2.45, 2.75) is 20.0 Å². The molecule has 4 heteroatoms. The summed E-state index contributed by atoms with van der Waals surface area (Å²) in [6, 6.07) is 0. The molecule has 0 aliphatic carbocycles. The van der Waals surface area contributed by atoms with E-state index in [0.717, 1.165) is 0 Å². The molecule has 1 atom stereocenters. The first-order chi connectivity index (χ1) is 4.46. The molecule has 1 amide bonds. The van der Waals surface area contributed by atoms with Gasteiger partial charge in [0, 0.05) is 5.57 Å². The number of primary amides is 1. The zero-order valence-electron chi connectivity index (χ0n) is 5.89. The molecule has 3 nitrogen and oxygen atoms in total.